The summed E-state index contributed by atoms with van der Waals surface area (Å²) in [4.78, 5) is 66.9. The highest BCUT2D eigenvalue weighted by atomic mass is 16.4. The molecule has 3 atom stereocenters. The summed E-state index contributed by atoms with van der Waals surface area (Å²) in [7, 11) is 0. The van der Waals surface area contributed by atoms with Crippen LogP contribution in [0.2, 0.25) is 0 Å². The van der Waals surface area contributed by atoms with Gasteiger partial charge < -0.3 is 48.3 Å². The van der Waals surface area contributed by atoms with Crippen LogP contribution in [0.15, 0.2) is 35.5 Å². The molecule has 0 spiro atoms. The second-order valence-corrected chi connectivity index (χ2v) is 8.45. The molecule has 2 aromatic rings. The highest BCUT2D eigenvalue weighted by Gasteiger charge is 2.27. The number of guanidine groups is 1. The van der Waals surface area contributed by atoms with E-state index in [1.807, 2.05) is 18.2 Å². The predicted octanol–water partition coefficient (Wildman–Crippen LogP) is -2.26. The summed E-state index contributed by atoms with van der Waals surface area (Å²) < 4.78 is 0. The number of para-hydroxylation sites is 1. The quantitative estimate of drug-likeness (QED) is 0.0674. The van der Waals surface area contributed by atoms with Crippen LogP contribution in [0.3, 0.4) is 0 Å². The summed E-state index contributed by atoms with van der Waals surface area (Å²) in [6, 6.07) is 3.44. The summed E-state index contributed by atoms with van der Waals surface area (Å²) in [6.45, 7) is -0.393. The lowest BCUT2D eigenvalue weighted by Gasteiger charge is -2.20. The highest BCUT2D eigenvalue weighted by Crippen LogP contribution is 2.19. The van der Waals surface area contributed by atoms with Crippen molar-refractivity contribution in [2.45, 2.75) is 43.8 Å². The molecule has 0 aliphatic heterocycles. The number of benzene rings is 1. The first kappa shape index (κ1) is 29.6. The van der Waals surface area contributed by atoms with Gasteiger partial charge in [-0.25, -0.2) is 4.79 Å². The summed E-state index contributed by atoms with van der Waals surface area (Å²) in [5.74, 6) is -5.07. The Morgan fingerprint density at radius 2 is 1.71 bits per heavy atom. The second-order valence-electron chi connectivity index (χ2n) is 8.45. The van der Waals surface area contributed by atoms with E-state index < -0.39 is 60.8 Å². The number of H-pyrrole nitrogens is 1. The highest BCUT2D eigenvalue weighted by molar-refractivity contribution is 5.94. The van der Waals surface area contributed by atoms with Crippen LogP contribution in [-0.4, -0.2) is 82.0 Å². The summed E-state index contributed by atoms with van der Waals surface area (Å²) in [5, 5.41) is 26.2. The minimum atomic E-state index is -1.40. The molecule has 0 radical (unpaired) electrons. The fraction of sp³-hybridized carbons (Fsp3) is 0.391. The van der Waals surface area contributed by atoms with Gasteiger partial charge in [-0.15, -0.1) is 0 Å². The molecule has 15 nitrogen and oxygen atoms in total. The molecule has 1 heterocycles. The van der Waals surface area contributed by atoms with Crippen molar-refractivity contribution in [1.82, 2.24) is 20.9 Å². The summed E-state index contributed by atoms with van der Waals surface area (Å²) >= 11 is 0. The van der Waals surface area contributed by atoms with Crippen LogP contribution in [0.25, 0.3) is 10.9 Å². The van der Waals surface area contributed by atoms with Crippen molar-refractivity contribution in [1.29, 1.82) is 0 Å². The molecule has 0 bridgehead atoms. The summed E-state index contributed by atoms with van der Waals surface area (Å²) in [5.41, 5.74) is 17.6. The topological polar surface area (TPSA) is 268 Å². The number of carbonyl (C=O) groups excluding carboxylic acids is 3. The Bertz CT molecular complexity index is 1190. The smallest absolute Gasteiger partial charge is 0.326 e. The van der Waals surface area contributed by atoms with E-state index in [-0.39, 0.29) is 31.8 Å². The number of carboxylic acids is 2. The third-order valence-electron chi connectivity index (χ3n) is 5.47. The Morgan fingerprint density at radius 1 is 1.00 bits per heavy atom. The van der Waals surface area contributed by atoms with Crippen molar-refractivity contribution in [3.05, 3.63) is 36.0 Å². The van der Waals surface area contributed by atoms with E-state index in [9.17, 15) is 29.1 Å². The van der Waals surface area contributed by atoms with E-state index in [0.29, 0.717) is 5.56 Å². The molecule has 12 N–H and O–H groups in total. The fourth-order valence-corrected chi connectivity index (χ4v) is 3.59. The van der Waals surface area contributed by atoms with Crippen LogP contribution in [-0.2, 0) is 30.4 Å². The van der Waals surface area contributed by atoms with Gasteiger partial charge >= 0.3 is 11.9 Å². The molecule has 0 aliphatic rings. The minimum Gasteiger partial charge on any atom is -0.481 e. The van der Waals surface area contributed by atoms with Gasteiger partial charge in [0.05, 0.1) is 19.0 Å². The molecular formula is C23H32N8O7. The van der Waals surface area contributed by atoms with E-state index in [1.165, 1.54) is 0 Å². The molecular weight excluding hydrogens is 500 g/mol. The maximum absolute atomic E-state index is 13.0. The molecule has 38 heavy (non-hydrogen) atoms. The number of aromatic amines is 1. The minimum absolute atomic E-state index is 0.00550. The number of nitrogens with one attached hydrogen (secondary N) is 4. The average molecular weight is 533 g/mol. The normalized spacial score (nSPS) is 13.1. The van der Waals surface area contributed by atoms with Gasteiger partial charge in [0.25, 0.3) is 0 Å². The van der Waals surface area contributed by atoms with Crippen molar-refractivity contribution in [2.75, 3.05) is 13.1 Å². The predicted molar refractivity (Wildman–Crippen MR) is 137 cm³/mol. The standard InChI is InChI=1S/C23H32N8O7/c24-14(9-19(33)34)20(35)31-17(8-12-10-28-15-5-2-1-4-13(12)15)21(36)29-11-18(32)30-16(22(37)38)6-3-7-27-23(25)26/h1-2,4-5,10,14,16-17,28H,3,6-9,11,24H2,(H,29,36)(H,30,32)(H,31,35)(H,33,34)(H,37,38)(H4,25,26,27). The van der Waals surface area contributed by atoms with Gasteiger partial charge in [-0.2, -0.15) is 0 Å². The molecule has 1 aromatic carbocycles. The number of fused-ring (bicyclic) bond motifs is 1. The molecule has 3 amide bonds. The Balaban J connectivity index is 2.06. The number of rotatable bonds is 15. The number of amides is 3. The molecule has 206 valence electrons. The number of carboxylic acid groups (broad SMARTS) is 2. The van der Waals surface area contributed by atoms with Gasteiger partial charge in [0.2, 0.25) is 17.7 Å². The van der Waals surface area contributed by atoms with Crippen LogP contribution in [0, 0.1) is 0 Å². The fourth-order valence-electron chi connectivity index (χ4n) is 3.59. The van der Waals surface area contributed by atoms with E-state index in [0.717, 1.165) is 10.9 Å². The SMILES string of the molecule is NC(N)=NCCCC(NC(=O)CNC(=O)C(Cc1c[nH]c2ccccc12)NC(=O)C(N)CC(=O)O)C(=O)O. The first-order valence-electron chi connectivity index (χ1n) is 11.7. The zero-order valence-electron chi connectivity index (χ0n) is 20.5. The Hall–Kier alpha value is -4.66. The van der Waals surface area contributed by atoms with Gasteiger partial charge in [-0.1, -0.05) is 18.2 Å². The van der Waals surface area contributed by atoms with Crippen molar-refractivity contribution in [2.24, 2.45) is 22.2 Å². The van der Waals surface area contributed by atoms with Crippen LogP contribution < -0.4 is 33.2 Å². The Kier molecular flexibility index (Phi) is 11.0. The van der Waals surface area contributed by atoms with Crippen molar-refractivity contribution < 1.29 is 34.2 Å². The van der Waals surface area contributed by atoms with Crippen LogP contribution in [0.1, 0.15) is 24.8 Å². The third-order valence-corrected chi connectivity index (χ3v) is 5.47. The lowest BCUT2D eigenvalue weighted by molar-refractivity contribution is -0.142. The van der Waals surface area contributed by atoms with Gasteiger partial charge in [0.1, 0.15) is 12.1 Å². The molecule has 0 aliphatic carbocycles. The number of hydrogen-bond donors (Lipinski definition) is 9. The monoisotopic (exact) mass is 532 g/mol. The van der Waals surface area contributed by atoms with Crippen molar-refractivity contribution in [3.8, 4) is 0 Å². The van der Waals surface area contributed by atoms with E-state index >= 15 is 0 Å². The first-order valence-corrected chi connectivity index (χ1v) is 11.7. The van der Waals surface area contributed by atoms with Gasteiger partial charge in [-0.3, -0.25) is 24.2 Å². The number of carbonyl (C=O) groups is 5. The molecule has 0 saturated carbocycles. The maximum Gasteiger partial charge on any atom is 0.326 e. The number of hydrogen-bond acceptors (Lipinski definition) is 7. The molecule has 0 fully saturated rings. The Morgan fingerprint density at radius 3 is 2.37 bits per heavy atom. The largest absolute Gasteiger partial charge is 0.481 e. The summed E-state index contributed by atoms with van der Waals surface area (Å²) in [6.07, 6.45) is 1.37. The van der Waals surface area contributed by atoms with Crippen LogP contribution >= 0.6 is 0 Å². The zero-order valence-corrected chi connectivity index (χ0v) is 20.5. The van der Waals surface area contributed by atoms with Crippen LogP contribution in [0.5, 0.6) is 0 Å². The molecule has 15 heteroatoms. The van der Waals surface area contributed by atoms with E-state index in [1.54, 1.807) is 12.3 Å². The van der Waals surface area contributed by atoms with Gasteiger partial charge in [-0.05, 0) is 24.5 Å². The van der Waals surface area contributed by atoms with Crippen molar-refractivity contribution >= 4 is 46.5 Å². The lowest BCUT2D eigenvalue weighted by atomic mass is 10.0. The van der Waals surface area contributed by atoms with Crippen molar-refractivity contribution in [3.63, 3.8) is 0 Å². The number of nitrogens with zero attached hydrogens (tertiary/aromatic N) is 1. The molecule has 2 rings (SSSR count). The van der Waals surface area contributed by atoms with E-state index in [2.05, 4.69) is 25.9 Å². The number of aliphatic imine (C=N–C) groups is 1. The number of aliphatic carboxylic acids is 2. The maximum atomic E-state index is 13.0. The number of aromatic nitrogens is 1. The van der Waals surface area contributed by atoms with Gasteiger partial charge in [0, 0.05) is 30.1 Å². The molecule has 1 aromatic heterocycles. The Labute approximate surface area is 217 Å². The lowest BCUT2D eigenvalue weighted by Crippen LogP contribution is -2.54. The van der Waals surface area contributed by atoms with Crippen LogP contribution in [0.4, 0.5) is 0 Å². The molecule has 0 saturated heterocycles. The van der Waals surface area contributed by atoms with Gasteiger partial charge in [0.15, 0.2) is 5.96 Å². The zero-order chi connectivity index (χ0) is 28.2. The third kappa shape index (κ3) is 9.42. The average Bonchev–Trinajstić information content (AvgIpc) is 3.26. The first-order chi connectivity index (χ1) is 18.0. The number of nitrogens with two attached hydrogens (primary N) is 3. The molecule has 3 unspecified atom stereocenters. The second kappa shape index (κ2) is 14.2. The van der Waals surface area contributed by atoms with E-state index in [4.69, 9.17) is 22.3 Å².